The molecule has 4 nitrogen and oxygen atoms in total. The number of likely N-dealkylation sites (tertiary alicyclic amines) is 1. The lowest BCUT2D eigenvalue weighted by atomic mass is 9.79. The number of aliphatic carboxylic acids is 1. The molecule has 21 heavy (non-hydrogen) atoms. The van der Waals surface area contributed by atoms with E-state index in [-0.39, 0.29) is 6.42 Å². The fourth-order valence-corrected chi connectivity index (χ4v) is 4.10. The molecule has 1 aliphatic carbocycles. The van der Waals surface area contributed by atoms with Crippen LogP contribution in [-0.4, -0.2) is 47.8 Å². The normalized spacial score (nSPS) is 28.3. The van der Waals surface area contributed by atoms with Crippen LogP contribution in [-0.2, 0) is 9.53 Å². The summed E-state index contributed by atoms with van der Waals surface area (Å²) in [6.45, 7) is 6.75. The van der Waals surface area contributed by atoms with E-state index in [1.54, 1.807) is 0 Å². The SMILES string of the molecule is CC(C)N1C[C@H](C2CCCCC2)C[C@H]1COCCC(=O)O. The van der Waals surface area contributed by atoms with E-state index in [0.717, 1.165) is 11.8 Å². The number of hydrogen-bond acceptors (Lipinski definition) is 3. The fraction of sp³-hybridized carbons (Fsp3) is 0.941. The predicted octanol–water partition coefficient (Wildman–Crippen LogP) is 3.16. The summed E-state index contributed by atoms with van der Waals surface area (Å²) in [5.41, 5.74) is 0. The molecule has 1 heterocycles. The molecule has 0 radical (unpaired) electrons. The summed E-state index contributed by atoms with van der Waals surface area (Å²) in [6, 6.07) is 1.03. The van der Waals surface area contributed by atoms with Crippen molar-refractivity contribution in [2.75, 3.05) is 19.8 Å². The molecule has 122 valence electrons. The molecule has 1 saturated carbocycles. The minimum Gasteiger partial charge on any atom is -0.481 e. The number of hydrogen-bond donors (Lipinski definition) is 1. The molecule has 4 heteroatoms. The highest BCUT2D eigenvalue weighted by Crippen LogP contribution is 2.38. The van der Waals surface area contributed by atoms with Crippen molar-refractivity contribution in [3.05, 3.63) is 0 Å². The number of carbonyl (C=O) groups is 1. The van der Waals surface area contributed by atoms with Gasteiger partial charge >= 0.3 is 5.97 Å². The lowest BCUT2D eigenvalue weighted by Crippen LogP contribution is -2.38. The largest absolute Gasteiger partial charge is 0.481 e. The highest BCUT2D eigenvalue weighted by Gasteiger charge is 2.37. The molecular weight excluding hydrogens is 266 g/mol. The third-order valence-electron chi connectivity index (χ3n) is 5.24. The first-order valence-corrected chi connectivity index (χ1v) is 8.63. The van der Waals surface area contributed by atoms with Crippen molar-refractivity contribution < 1.29 is 14.6 Å². The molecule has 0 unspecified atom stereocenters. The van der Waals surface area contributed by atoms with Crippen LogP contribution in [0.1, 0.15) is 58.8 Å². The smallest absolute Gasteiger partial charge is 0.305 e. The summed E-state index contributed by atoms with van der Waals surface area (Å²) in [5, 5.41) is 8.67. The zero-order valence-corrected chi connectivity index (χ0v) is 13.6. The maximum absolute atomic E-state index is 10.5. The van der Waals surface area contributed by atoms with Gasteiger partial charge in [0.1, 0.15) is 0 Å². The van der Waals surface area contributed by atoms with Gasteiger partial charge in [-0.25, -0.2) is 0 Å². The summed E-state index contributed by atoms with van der Waals surface area (Å²) < 4.78 is 5.62. The van der Waals surface area contributed by atoms with Gasteiger partial charge in [-0.05, 0) is 32.1 Å². The second-order valence-corrected chi connectivity index (χ2v) is 7.06. The lowest BCUT2D eigenvalue weighted by molar-refractivity contribution is -0.138. The molecule has 2 fully saturated rings. The Morgan fingerprint density at radius 1 is 1.24 bits per heavy atom. The van der Waals surface area contributed by atoms with Gasteiger partial charge in [0.25, 0.3) is 0 Å². The van der Waals surface area contributed by atoms with E-state index in [1.807, 2.05) is 0 Å². The molecule has 2 atom stereocenters. The van der Waals surface area contributed by atoms with Crippen LogP contribution in [0.2, 0.25) is 0 Å². The van der Waals surface area contributed by atoms with Crippen LogP contribution in [0.3, 0.4) is 0 Å². The minimum atomic E-state index is -0.776. The van der Waals surface area contributed by atoms with Gasteiger partial charge in [-0.2, -0.15) is 0 Å². The molecule has 0 spiro atoms. The Kier molecular flexibility index (Phi) is 6.49. The highest BCUT2D eigenvalue weighted by molar-refractivity contribution is 5.66. The Morgan fingerprint density at radius 2 is 1.95 bits per heavy atom. The summed E-state index contributed by atoms with van der Waals surface area (Å²) in [4.78, 5) is 13.1. The Hall–Kier alpha value is -0.610. The van der Waals surface area contributed by atoms with Crippen LogP contribution < -0.4 is 0 Å². The number of nitrogens with zero attached hydrogens (tertiary/aromatic N) is 1. The first-order valence-electron chi connectivity index (χ1n) is 8.63. The zero-order chi connectivity index (χ0) is 15.2. The van der Waals surface area contributed by atoms with E-state index in [2.05, 4.69) is 18.7 Å². The van der Waals surface area contributed by atoms with Gasteiger partial charge in [0.2, 0.25) is 0 Å². The summed E-state index contributed by atoms with van der Waals surface area (Å²) in [6.07, 6.45) is 8.38. The third-order valence-corrected chi connectivity index (χ3v) is 5.24. The van der Waals surface area contributed by atoms with E-state index >= 15 is 0 Å². The molecule has 0 aromatic heterocycles. The first kappa shape index (κ1) is 16.8. The molecule has 1 saturated heterocycles. The van der Waals surface area contributed by atoms with Crippen LogP contribution in [0.4, 0.5) is 0 Å². The van der Waals surface area contributed by atoms with Gasteiger partial charge in [0.05, 0.1) is 19.6 Å². The molecule has 0 aromatic rings. The summed E-state index contributed by atoms with van der Waals surface area (Å²) >= 11 is 0. The Bertz CT molecular complexity index is 326. The van der Waals surface area contributed by atoms with Crippen LogP contribution in [0.5, 0.6) is 0 Å². The second-order valence-electron chi connectivity index (χ2n) is 7.06. The molecule has 0 bridgehead atoms. The van der Waals surface area contributed by atoms with Crippen LogP contribution >= 0.6 is 0 Å². The quantitative estimate of drug-likeness (QED) is 0.733. The Balaban J connectivity index is 1.81. The van der Waals surface area contributed by atoms with Crippen molar-refractivity contribution in [1.29, 1.82) is 0 Å². The average Bonchev–Trinajstić information content (AvgIpc) is 2.89. The molecule has 0 aromatic carbocycles. The average molecular weight is 297 g/mol. The van der Waals surface area contributed by atoms with Gasteiger partial charge in [-0.15, -0.1) is 0 Å². The minimum absolute atomic E-state index is 0.112. The van der Waals surface area contributed by atoms with Gasteiger partial charge in [0, 0.05) is 18.6 Å². The number of ether oxygens (including phenoxy) is 1. The van der Waals surface area contributed by atoms with E-state index in [4.69, 9.17) is 9.84 Å². The van der Waals surface area contributed by atoms with Gasteiger partial charge in [-0.3, -0.25) is 9.69 Å². The van der Waals surface area contributed by atoms with Crippen LogP contribution in [0, 0.1) is 11.8 Å². The maximum atomic E-state index is 10.5. The topological polar surface area (TPSA) is 49.8 Å². The first-order chi connectivity index (χ1) is 10.1. The maximum Gasteiger partial charge on any atom is 0.305 e. The number of carboxylic acids is 1. The standard InChI is InChI=1S/C17H31NO3/c1-13(2)18-11-15(14-6-4-3-5-7-14)10-16(18)12-21-9-8-17(19)20/h13-16H,3-12H2,1-2H3,(H,19,20)/t15-,16+/m1/s1. The lowest BCUT2D eigenvalue weighted by Gasteiger charge is -2.29. The van der Waals surface area contributed by atoms with Crippen molar-refractivity contribution in [3.8, 4) is 0 Å². The van der Waals surface area contributed by atoms with Crippen molar-refractivity contribution >= 4 is 5.97 Å². The third kappa shape index (κ3) is 4.96. The Labute approximate surface area is 128 Å². The Morgan fingerprint density at radius 3 is 2.57 bits per heavy atom. The molecule has 0 amide bonds. The zero-order valence-electron chi connectivity index (χ0n) is 13.6. The van der Waals surface area contributed by atoms with Crippen molar-refractivity contribution in [2.24, 2.45) is 11.8 Å². The second kappa shape index (κ2) is 8.14. The number of rotatable bonds is 7. The van der Waals surface area contributed by atoms with E-state index in [9.17, 15) is 4.79 Å². The van der Waals surface area contributed by atoms with Crippen LogP contribution in [0.15, 0.2) is 0 Å². The highest BCUT2D eigenvalue weighted by atomic mass is 16.5. The summed E-state index contributed by atoms with van der Waals surface area (Å²) in [7, 11) is 0. The van der Waals surface area contributed by atoms with E-state index < -0.39 is 5.97 Å². The van der Waals surface area contributed by atoms with Gasteiger partial charge in [0.15, 0.2) is 0 Å². The molecule has 2 rings (SSSR count). The van der Waals surface area contributed by atoms with Crippen molar-refractivity contribution in [1.82, 2.24) is 4.90 Å². The molecule has 2 aliphatic rings. The van der Waals surface area contributed by atoms with E-state index in [1.165, 1.54) is 45.1 Å². The number of carboxylic acid groups (broad SMARTS) is 1. The fourth-order valence-electron chi connectivity index (χ4n) is 4.10. The summed E-state index contributed by atoms with van der Waals surface area (Å²) in [5.74, 6) is 0.951. The van der Waals surface area contributed by atoms with E-state index in [0.29, 0.717) is 25.3 Å². The predicted molar refractivity (Wildman–Crippen MR) is 83.4 cm³/mol. The van der Waals surface area contributed by atoms with Crippen molar-refractivity contribution in [2.45, 2.75) is 70.9 Å². The monoisotopic (exact) mass is 297 g/mol. The molecule has 1 N–H and O–H groups in total. The molecule has 1 aliphatic heterocycles. The molecular formula is C17H31NO3. The van der Waals surface area contributed by atoms with Crippen LogP contribution in [0.25, 0.3) is 0 Å². The van der Waals surface area contributed by atoms with Crippen molar-refractivity contribution in [3.63, 3.8) is 0 Å². The van der Waals surface area contributed by atoms with Gasteiger partial charge in [-0.1, -0.05) is 32.1 Å². The van der Waals surface area contributed by atoms with Gasteiger partial charge < -0.3 is 9.84 Å².